The summed E-state index contributed by atoms with van der Waals surface area (Å²) < 4.78 is 12.3. The van der Waals surface area contributed by atoms with Crippen molar-refractivity contribution in [2.45, 2.75) is 38.9 Å². The zero-order valence-corrected chi connectivity index (χ0v) is 14.9. The Bertz CT molecular complexity index is 478. The van der Waals surface area contributed by atoms with Gasteiger partial charge < -0.3 is 9.16 Å². The second kappa shape index (κ2) is 5.67. The Morgan fingerprint density at radius 2 is 1.84 bits per heavy atom. The Balaban J connectivity index is 3.30. The van der Waals surface area contributed by atoms with Gasteiger partial charge in [-0.05, 0) is 46.2 Å². The van der Waals surface area contributed by atoms with Crippen LogP contribution >= 0.6 is 15.9 Å². The molecule has 0 aliphatic heterocycles. The van der Waals surface area contributed by atoms with Gasteiger partial charge in [0.05, 0.1) is 11.6 Å². The van der Waals surface area contributed by atoms with Gasteiger partial charge in [0, 0.05) is 5.56 Å². The van der Waals surface area contributed by atoms with E-state index in [9.17, 15) is 4.79 Å². The van der Waals surface area contributed by atoms with Crippen molar-refractivity contribution < 1.29 is 14.0 Å². The highest BCUT2D eigenvalue weighted by atomic mass is 79.9. The number of rotatable bonds is 4. The average Bonchev–Trinajstić information content (AvgIpc) is 2.30. The highest BCUT2D eigenvalue weighted by Gasteiger charge is 2.40. The lowest BCUT2D eigenvalue weighted by Gasteiger charge is -2.37. The van der Waals surface area contributed by atoms with Gasteiger partial charge in [-0.2, -0.15) is 0 Å². The number of methoxy groups -OCH3 is 1. The summed E-state index contributed by atoms with van der Waals surface area (Å²) in [5.41, 5.74) is 0.564. The van der Waals surface area contributed by atoms with Crippen LogP contribution in [0.3, 0.4) is 0 Å². The van der Waals surface area contributed by atoms with Gasteiger partial charge >= 0.3 is 0 Å². The molecule has 3 nitrogen and oxygen atoms in total. The third-order valence-corrected chi connectivity index (χ3v) is 8.75. The van der Waals surface area contributed by atoms with Crippen molar-refractivity contribution in [3.63, 3.8) is 0 Å². The number of carbonyl (C=O) groups excluding carboxylic acids is 1. The maximum Gasteiger partial charge on any atom is 0.250 e. The van der Waals surface area contributed by atoms with E-state index in [1.807, 2.05) is 0 Å². The fourth-order valence-corrected chi connectivity index (χ4v) is 2.98. The number of ether oxygens (including phenoxy) is 1. The smallest absolute Gasteiger partial charge is 0.250 e. The zero-order chi connectivity index (χ0) is 14.8. The minimum atomic E-state index is -1.99. The molecule has 1 rings (SSSR count). The molecule has 106 valence electrons. The summed E-state index contributed by atoms with van der Waals surface area (Å²) in [4.78, 5) is 11.0. The standard InChI is InChI=1S/C14H21BrO3Si/c1-14(2,3)19(5,6)18-13-11(17-4)8-7-10(9-16)12(13)15/h7-9H,1-6H3. The van der Waals surface area contributed by atoms with Gasteiger partial charge in [0.25, 0.3) is 8.32 Å². The quantitative estimate of drug-likeness (QED) is 0.588. The third kappa shape index (κ3) is 3.39. The van der Waals surface area contributed by atoms with E-state index in [0.29, 0.717) is 21.5 Å². The fraction of sp³-hybridized carbons (Fsp3) is 0.500. The van der Waals surface area contributed by atoms with Crippen LogP contribution in [0.25, 0.3) is 0 Å². The Morgan fingerprint density at radius 3 is 2.26 bits per heavy atom. The van der Waals surface area contributed by atoms with Crippen LogP contribution in [-0.2, 0) is 0 Å². The van der Waals surface area contributed by atoms with Crippen LogP contribution in [0.2, 0.25) is 18.1 Å². The van der Waals surface area contributed by atoms with Crippen molar-refractivity contribution >= 4 is 30.5 Å². The molecule has 0 N–H and O–H groups in total. The molecule has 0 aliphatic carbocycles. The predicted octanol–water partition coefficient (Wildman–Crippen LogP) is 4.65. The van der Waals surface area contributed by atoms with Crippen molar-refractivity contribution in [1.29, 1.82) is 0 Å². The number of hydrogen-bond donors (Lipinski definition) is 0. The molecule has 0 radical (unpaired) electrons. The topological polar surface area (TPSA) is 35.5 Å². The summed E-state index contributed by atoms with van der Waals surface area (Å²) >= 11 is 3.44. The molecule has 0 aliphatic rings. The summed E-state index contributed by atoms with van der Waals surface area (Å²) in [6, 6.07) is 3.48. The van der Waals surface area contributed by atoms with E-state index in [4.69, 9.17) is 9.16 Å². The molecule has 0 spiro atoms. The molecule has 0 saturated heterocycles. The van der Waals surface area contributed by atoms with Gasteiger partial charge in [-0.25, -0.2) is 0 Å². The van der Waals surface area contributed by atoms with Crippen molar-refractivity contribution in [3.05, 3.63) is 22.2 Å². The number of carbonyl (C=O) groups is 1. The first-order valence-corrected chi connectivity index (χ1v) is 9.85. The minimum absolute atomic E-state index is 0.0780. The Labute approximate surface area is 124 Å². The van der Waals surface area contributed by atoms with E-state index in [2.05, 4.69) is 49.8 Å². The van der Waals surface area contributed by atoms with Gasteiger partial charge in [-0.3, -0.25) is 4.79 Å². The molecule has 0 atom stereocenters. The average molecular weight is 345 g/mol. The van der Waals surface area contributed by atoms with Crippen molar-refractivity contribution in [1.82, 2.24) is 0 Å². The molecular weight excluding hydrogens is 324 g/mol. The Kier molecular flexibility index (Phi) is 4.85. The van der Waals surface area contributed by atoms with Crippen LogP contribution in [-0.4, -0.2) is 21.7 Å². The molecule has 0 heterocycles. The van der Waals surface area contributed by atoms with Gasteiger partial charge in [0.15, 0.2) is 17.8 Å². The summed E-state index contributed by atoms with van der Waals surface area (Å²) in [6.45, 7) is 10.8. The van der Waals surface area contributed by atoms with Crippen molar-refractivity contribution in [2.75, 3.05) is 7.11 Å². The Morgan fingerprint density at radius 1 is 1.26 bits per heavy atom. The first kappa shape index (κ1) is 16.2. The van der Waals surface area contributed by atoms with Gasteiger partial charge in [0.1, 0.15) is 0 Å². The molecule has 5 heteroatoms. The first-order valence-electron chi connectivity index (χ1n) is 6.14. The number of halogens is 1. The second-order valence-corrected chi connectivity index (χ2v) is 11.5. The summed E-state index contributed by atoms with van der Waals surface area (Å²) in [5, 5.41) is 0.0780. The van der Waals surface area contributed by atoms with Gasteiger partial charge in [-0.15, -0.1) is 0 Å². The molecule has 1 aromatic carbocycles. The second-order valence-electron chi connectivity index (χ2n) is 5.98. The van der Waals surface area contributed by atoms with Gasteiger partial charge in [-0.1, -0.05) is 20.8 Å². The molecule has 1 aromatic rings. The molecule has 0 amide bonds. The van der Waals surface area contributed by atoms with Crippen molar-refractivity contribution in [2.24, 2.45) is 0 Å². The SMILES string of the molecule is COc1ccc(C=O)c(Br)c1O[Si](C)(C)C(C)(C)C. The number of hydrogen-bond acceptors (Lipinski definition) is 3. The maximum absolute atomic E-state index is 11.0. The number of benzene rings is 1. The fourth-order valence-electron chi connectivity index (χ4n) is 1.31. The van der Waals surface area contributed by atoms with E-state index < -0.39 is 8.32 Å². The van der Waals surface area contributed by atoms with E-state index in [-0.39, 0.29) is 5.04 Å². The summed E-state index contributed by atoms with van der Waals surface area (Å²) in [6.07, 6.45) is 0.808. The predicted molar refractivity (Wildman–Crippen MR) is 83.9 cm³/mol. The van der Waals surface area contributed by atoms with Crippen molar-refractivity contribution in [3.8, 4) is 11.5 Å². The molecule has 0 saturated carbocycles. The molecule has 0 aromatic heterocycles. The van der Waals surface area contributed by atoms with Crippen LogP contribution in [0.1, 0.15) is 31.1 Å². The monoisotopic (exact) mass is 344 g/mol. The molecule has 19 heavy (non-hydrogen) atoms. The zero-order valence-electron chi connectivity index (χ0n) is 12.3. The minimum Gasteiger partial charge on any atom is -0.540 e. The molecular formula is C14H21BrO3Si. The van der Waals surface area contributed by atoms with E-state index in [1.54, 1.807) is 19.2 Å². The lowest BCUT2D eigenvalue weighted by Crippen LogP contribution is -2.44. The van der Waals surface area contributed by atoms with Crippen LogP contribution in [0, 0.1) is 0 Å². The third-order valence-electron chi connectivity index (χ3n) is 3.60. The maximum atomic E-state index is 11.0. The lowest BCUT2D eigenvalue weighted by atomic mass is 10.2. The molecule has 0 bridgehead atoms. The normalized spacial score (nSPS) is 12.2. The summed E-state index contributed by atoms with van der Waals surface area (Å²) in [5.74, 6) is 1.26. The van der Waals surface area contributed by atoms with Crippen LogP contribution in [0.5, 0.6) is 11.5 Å². The van der Waals surface area contributed by atoms with E-state index >= 15 is 0 Å². The van der Waals surface area contributed by atoms with E-state index in [0.717, 1.165) is 6.29 Å². The number of aldehydes is 1. The largest absolute Gasteiger partial charge is 0.540 e. The van der Waals surface area contributed by atoms with E-state index in [1.165, 1.54) is 0 Å². The molecule has 0 fully saturated rings. The Hall–Kier alpha value is -0.813. The first-order chi connectivity index (χ1) is 8.64. The van der Waals surface area contributed by atoms with Crippen LogP contribution < -0.4 is 9.16 Å². The molecule has 0 unspecified atom stereocenters. The van der Waals surface area contributed by atoms with Crippen LogP contribution in [0.4, 0.5) is 0 Å². The summed E-state index contributed by atoms with van der Waals surface area (Å²) in [7, 11) is -0.388. The highest BCUT2D eigenvalue weighted by Crippen LogP contribution is 2.43. The lowest BCUT2D eigenvalue weighted by molar-refractivity contribution is 0.112. The highest BCUT2D eigenvalue weighted by molar-refractivity contribution is 9.10. The van der Waals surface area contributed by atoms with Crippen LogP contribution in [0.15, 0.2) is 16.6 Å². The van der Waals surface area contributed by atoms with Gasteiger partial charge in [0.2, 0.25) is 0 Å².